The van der Waals surface area contributed by atoms with Crippen molar-refractivity contribution in [3.05, 3.63) is 22.7 Å². The van der Waals surface area contributed by atoms with Crippen molar-refractivity contribution in [1.29, 1.82) is 0 Å². The molecule has 15 heavy (non-hydrogen) atoms. The molecule has 0 radical (unpaired) electrons. The van der Waals surface area contributed by atoms with E-state index in [4.69, 9.17) is 4.74 Å². The molecular weight excluding hydrogens is 214 g/mol. The minimum atomic E-state index is -0.391. The topological polar surface area (TPSA) is 59.2 Å². The summed E-state index contributed by atoms with van der Waals surface area (Å²) < 4.78 is 5.74. The number of hydrogen-bond donors (Lipinski definition) is 1. The van der Waals surface area contributed by atoms with Gasteiger partial charge in [-0.2, -0.15) is 0 Å². The molecule has 4 nitrogen and oxygen atoms in total. The van der Waals surface area contributed by atoms with Gasteiger partial charge in [0.05, 0.1) is 16.8 Å². The number of thiophene rings is 1. The molecule has 0 bridgehead atoms. The lowest BCUT2D eigenvalue weighted by Crippen LogP contribution is -2.04. The standard InChI is InChI=1S/C10H9NO3S/c1-2-14-10(13)7-3-8-9(11-7)6(4-12)5-15-8/h3-5,11H,2H2,1H3. The van der Waals surface area contributed by atoms with Gasteiger partial charge in [-0.3, -0.25) is 4.79 Å². The zero-order chi connectivity index (χ0) is 10.8. The highest BCUT2D eigenvalue weighted by Gasteiger charge is 2.13. The predicted molar refractivity (Wildman–Crippen MR) is 57.5 cm³/mol. The van der Waals surface area contributed by atoms with Crippen LogP contribution >= 0.6 is 11.3 Å². The van der Waals surface area contributed by atoms with Crippen molar-refractivity contribution in [3.63, 3.8) is 0 Å². The minimum Gasteiger partial charge on any atom is -0.461 e. The van der Waals surface area contributed by atoms with Crippen LogP contribution in [0.1, 0.15) is 27.8 Å². The second-order valence-corrected chi connectivity index (χ2v) is 3.86. The molecule has 5 heteroatoms. The Morgan fingerprint density at radius 2 is 2.47 bits per heavy atom. The average molecular weight is 223 g/mol. The molecule has 0 aliphatic rings. The molecule has 2 aromatic heterocycles. The van der Waals surface area contributed by atoms with Crippen LogP contribution in [0.4, 0.5) is 0 Å². The Hall–Kier alpha value is -1.62. The van der Waals surface area contributed by atoms with E-state index in [2.05, 4.69) is 4.98 Å². The van der Waals surface area contributed by atoms with Crippen LogP contribution in [0.15, 0.2) is 11.4 Å². The lowest BCUT2D eigenvalue weighted by molar-refractivity contribution is 0.0520. The fourth-order valence-corrected chi connectivity index (χ4v) is 2.23. The molecule has 78 valence electrons. The van der Waals surface area contributed by atoms with Crippen molar-refractivity contribution in [2.45, 2.75) is 6.92 Å². The molecule has 2 rings (SSSR count). The Morgan fingerprint density at radius 1 is 1.67 bits per heavy atom. The lowest BCUT2D eigenvalue weighted by Gasteiger charge is -1.97. The normalized spacial score (nSPS) is 10.5. The summed E-state index contributed by atoms with van der Waals surface area (Å²) in [6, 6.07) is 1.70. The van der Waals surface area contributed by atoms with Gasteiger partial charge < -0.3 is 9.72 Å². The van der Waals surface area contributed by atoms with Gasteiger partial charge in [0.1, 0.15) is 5.69 Å². The van der Waals surface area contributed by atoms with E-state index in [9.17, 15) is 9.59 Å². The Labute approximate surface area is 89.9 Å². The summed E-state index contributed by atoms with van der Waals surface area (Å²) in [6.45, 7) is 2.09. The smallest absolute Gasteiger partial charge is 0.354 e. The van der Waals surface area contributed by atoms with Crippen molar-refractivity contribution >= 4 is 33.8 Å². The summed E-state index contributed by atoms with van der Waals surface area (Å²) in [5, 5.41) is 1.75. The van der Waals surface area contributed by atoms with Gasteiger partial charge in [0.15, 0.2) is 6.29 Å². The minimum absolute atomic E-state index is 0.339. The molecule has 0 spiro atoms. The first-order chi connectivity index (χ1) is 7.26. The molecule has 1 N–H and O–H groups in total. The quantitative estimate of drug-likeness (QED) is 0.641. The third kappa shape index (κ3) is 1.66. The van der Waals surface area contributed by atoms with Gasteiger partial charge >= 0.3 is 5.97 Å². The third-order valence-electron chi connectivity index (χ3n) is 2.01. The summed E-state index contributed by atoms with van der Waals surface area (Å²) in [4.78, 5) is 24.9. The number of hydrogen-bond acceptors (Lipinski definition) is 4. The monoisotopic (exact) mass is 223 g/mol. The predicted octanol–water partition coefficient (Wildman–Crippen LogP) is 2.22. The van der Waals surface area contributed by atoms with E-state index < -0.39 is 5.97 Å². The molecule has 0 atom stereocenters. The molecule has 2 aromatic rings. The number of fused-ring (bicyclic) bond motifs is 1. The molecule has 2 heterocycles. The number of aromatic amines is 1. The molecule has 0 saturated heterocycles. The van der Waals surface area contributed by atoms with Crippen LogP contribution in [-0.2, 0) is 4.74 Å². The van der Waals surface area contributed by atoms with Crippen LogP contribution in [-0.4, -0.2) is 23.8 Å². The van der Waals surface area contributed by atoms with Gasteiger partial charge in [0.25, 0.3) is 0 Å². The summed E-state index contributed by atoms with van der Waals surface area (Å²) in [7, 11) is 0. The number of ether oxygens (including phenoxy) is 1. The van der Waals surface area contributed by atoms with Gasteiger partial charge in [0.2, 0.25) is 0 Å². The van der Waals surface area contributed by atoms with Crippen molar-refractivity contribution in [3.8, 4) is 0 Å². The number of carbonyl (C=O) groups is 2. The zero-order valence-corrected chi connectivity index (χ0v) is 8.89. The van der Waals surface area contributed by atoms with Crippen LogP contribution in [0.2, 0.25) is 0 Å². The maximum absolute atomic E-state index is 11.4. The first-order valence-corrected chi connectivity index (χ1v) is 5.36. The summed E-state index contributed by atoms with van der Waals surface area (Å²) in [5.74, 6) is -0.391. The molecule has 0 aliphatic carbocycles. The van der Waals surface area contributed by atoms with Gasteiger partial charge in [-0.05, 0) is 13.0 Å². The molecule has 0 aliphatic heterocycles. The SMILES string of the molecule is CCOC(=O)c1cc2scc(C=O)c2[nH]1. The van der Waals surface area contributed by atoms with Crippen molar-refractivity contribution < 1.29 is 14.3 Å². The van der Waals surface area contributed by atoms with Gasteiger partial charge in [-0.15, -0.1) is 11.3 Å². The van der Waals surface area contributed by atoms with Crippen LogP contribution in [0.25, 0.3) is 10.2 Å². The van der Waals surface area contributed by atoms with Crippen LogP contribution in [0.3, 0.4) is 0 Å². The third-order valence-corrected chi connectivity index (χ3v) is 2.95. The van der Waals surface area contributed by atoms with E-state index in [-0.39, 0.29) is 0 Å². The fourth-order valence-electron chi connectivity index (χ4n) is 1.33. The number of carbonyl (C=O) groups excluding carboxylic acids is 2. The number of aldehydes is 1. The first kappa shape index (κ1) is 9.92. The van der Waals surface area contributed by atoms with E-state index in [1.807, 2.05) is 0 Å². The Kier molecular flexibility index (Phi) is 2.55. The van der Waals surface area contributed by atoms with Gasteiger partial charge in [0, 0.05) is 10.9 Å². The molecule has 0 aromatic carbocycles. The molecule has 0 saturated carbocycles. The van der Waals surface area contributed by atoms with E-state index in [0.29, 0.717) is 23.4 Å². The molecular formula is C10H9NO3S. The van der Waals surface area contributed by atoms with Gasteiger partial charge in [-0.1, -0.05) is 0 Å². The number of aromatic nitrogens is 1. The largest absolute Gasteiger partial charge is 0.461 e. The highest BCUT2D eigenvalue weighted by molar-refractivity contribution is 7.17. The van der Waals surface area contributed by atoms with Crippen molar-refractivity contribution in [1.82, 2.24) is 4.98 Å². The average Bonchev–Trinajstić information content (AvgIpc) is 2.76. The molecule has 0 unspecified atom stereocenters. The van der Waals surface area contributed by atoms with E-state index in [1.165, 1.54) is 11.3 Å². The van der Waals surface area contributed by atoms with E-state index in [0.717, 1.165) is 11.0 Å². The second-order valence-electron chi connectivity index (χ2n) is 2.95. The fraction of sp³-hybridized carbons (Fsp3) is 0.200. The van der Waals surface area contributed by atoms with E-state index >= 15 is 0 Å². The maximum atomic E-state index is 11.4. The van der Waals surface area contributed by atoms with Crippen LogP contribution in [0, 0.1) is 0 Å². The number of esters is 1. The Morgan fingerprint density at radius 3 is 3.13 bits per heavy atom. The van der Waals surface area contributed by atoms with Crippen molar-refractivity contribution in [2.24, 2.45) is 0 Å². The summed E-state index contributed by atoms with van der Waals surface area (Å²) in [5.41, 5.74) is 1.67. The highest BCUT2D eigenvalue weighted by Crippen LogP contribution is 2.25. The van der Waals surface area contributed by atoms with Crippen LogP contribution < -0.4 is 0 Å². The number of nitrogens with one attached hydrogen (secondary N) is 1. The Bertz CT molecular complexity index is 512. The number of rotatable bonds is 3. The number of H-pyrrole nitrogens is 1. The molecule has 0 fully saturated rings. The summed E-state index contributed by atoms with van der Waals surface area (Å²) in [6.07, 6.45) is 0.768. The molecule has 0 amide bonds. The Balaban J connectivity index is 2.43. The van der Waals surface area contributed by atoms with Crippen LogP contribution in [0.5, 0.6) is 0 Å². The van der Waals surface area contributed by atoms with Crippen molar-refractivity contribution in [2.75, 3.05) is 6.61 Å². The second kappa shape index (κ2) is 3.86. The first-order valence-electron chi connectivity index (χ1n) is 4.48. The maximum Gasteiger partial charge on any atom is 0.354 e. The lowest BCUT2D eigenvalue weighted by atomic mass is 10.3. The van der Waals surface area contributed by atoms with E-state index in [1.54, 1.807) is 18.4 Å². The summed E-state index contributed by atoms with van der Waals surface area (Å²) >= 11 is 1.42. The highest BCUT2D eigenvalue weighted by atomic mass is 32.1. The zero-order valence-electron chi connectivity index (χ0n) is 8.07. The van der Waals surface area contributed by atoms with Gasteiger partial charge in [-0.25, -0.2) is 4.79 Å².